The van der Waals surface area contributed by atoms with Crippen LogP contribution in [-0.2, 0) is 34.5 Å². The highest BCUT2D eigenvalue weighted by molar-refractivity contribution is 5.51. The van der Waals surface area contributed by atoms with E-state index in [1.807, 2.05) is 0 Å². The van der Waals surface area contributed by atoms with E-state index in [4.69, 9.17) is 0 Å². The van der Waals surface area contributed by atoms with Crippen molar-refractivity contribution in [3.8, 4) is 11.5 Å². The number of benzene rings is 2. The van der Waals surface area contributed by atoms with E-state index in [2.05, 4.69) is 118 Å². The van der Waals surface area contributed by atoms with Crippen LogP contribution in [0, 0.1) is 0 Å². The fourth-order valence-electron chi connectivity index (χ4n) is 5.55. The lowest BCUT2D eigenvalue weighted by molar-refractivity contribution is 0.421. The van der Waals surface area contributed by atoms with Crippen molar-refractivity contribution in [1.82, 2.24) is 10.6 Å². The molecule has 0 spiro atoms. The van der Waals surface area contributed by atoms with Gasteiger partial charge in [-0.25, -0.2) is 0 Å². The molecule has 0 heterocycles. The molecule has 2 aromatic rings. The van der Waals surface area contributed by atoms with Gasteiger partial charge in [0.25, 0.3) is 0 Å². The molecule has 0 atom stereocenters. The first-order valence-corrected chi connectivity index (χ1v) is 16.4. The standard InChI is InChI=1S/C38H64N2O2/c1-35(2,3)29-23-27(24-30(33(29)41)36(4,5)6)17-15-21-39-19-13-14-20-40-22-16-18-28-25-31(37(7,8)9)34(42)32(26-28)38(10,11)12/h23-26,39-42H,13-22H2,1-12H3. The summed E-state index contributed by atoms with van der Waals surface area (Å²) in [4.78, 5) is 0. The molecule has 2 aromatic carbocycles. The predicted octanol–water partition coefficient (Wildman–Crippen LogP) is 8.81. The molecular weight excluding hydrogens is 516 g/mol. The van der Waals surface area contributed by atoms with Crippen LogP contribution in [0.3, 0.4) is 0 Å². The molecule has 4 nitrogen and oxygen atoms in total. The van der Waals surface area contributed by atoms with Crippen LogP contribution in [0.4, 0.5) is 0 Å². The van der Waals surface area contributed by atoms with Gasteiger partial charge in [-0.3, -0.25) is 0 Å². The molecule has 0 bridgehead atoms. The molecule has 238 valence electrons. The zero-order valence-corrected chi connectivity index (χ0v) is 29.3. The monoisotopic (exact) mass is 580 g/mol. The van der Waals surface area contributed by atoms with Crippen molar-refractivity contribution in [2.45, 2.75) is 143 Å². The van der Waals surface area contributed by atoms with Crippen LogP contribution < -0.4 is 10.6 Å². The molecule has 0 saturated heterocycles. The van der Waals surface area contributed by atoms with Gasteiger partial charge >= 0.3 is 0 Å². The Morgan fingerprint density at radius 1 is 0.429 bits per heavy atom. The van der Waals surface area contributed by atoms with Gasteiger partial charge in [0.15, 0.2) is 0 Å². The Morgan fingerprint density at radius 3 is 0.905 bits per heavy atom. The number of hydrogen-bond acceptors (Lipinski definition) is 4. The first-order valence-electron chi connectivity index (χ1n) is 16.4. The van der Waals surface area contributed by atoms with Crippen LogP contribution in [0.2, 0.25) is 0 Å². The third-order valence-corrected chi connectivity index (χ3v) is 8.17. The Hall–Kier alpha value is -2.04. The summed E-state index contributed by atoms with van der Waals surface area (Å²) in [5.74, 6) is 0.936. The summed E-state index contributed by atoms with van der Waals surface area (Å²) in [6.07, 6.45) is 6.60. The molecule has 0 saturated carbocycles. The highest BCUT2D eigenvalue weighted by Gasteiger charge is 2.27. The Bertz CT molecular complexity index is 976. The minimum atomic E-state index is -0.0799. The molecule has 0 fully saturated rings. The van der Waals surface area contributed by atoms with Crippen molar-refractivity contribution >= 4 is 0 Å². The van der Waals surface area contributed by atoms with E-state index in [0.717, 1.165) is 74.1 Å². The quantitative estimate of drug-likeness (QED) is 0.179. The molecule has 0 radical (unpaired) electrons. The highest BCUT2D eigenvalue weighted by atomic mass is 16.3. The molecule has 4 N–H and O–H groups in total. The number of aromatic hydroxyl groups is 2. The van der Waals surface area contributed by atoms with Crippen molar-refractivity contribution in [2.24, 2.45) is 0 Å². The smallest absolute Gasteiger partial charge is 0.123 e. The molecule has 42 heavy (non-hydrogen) atoms. The maximum Gasteiger partial charge on any atom is 0.123 e. The predicted molar refractivity (Wildman–Crippen MR) is 183 cm³/mol. The van der Waals surface area contributed by atoms with Crippen molar-refractivity contribution < 1.29 is 10.2 Å². The molecule has 0 aliphatic rings. The SMILES string of the molecule is CC(C)(C)c1cc(CCCNCCCCNCCCc2cc(C(C)(C)C)c(O)c(C(C)(C)C)c2)cc(C(C)(C)C)c1O. The van der Waals surface area contributed by atoms with Gasteiger partial charge in [0.05, 0.1) is 0 Å². The fourth-order valence-corrected chi connectivity index (χ4v) is 5.55. The van der Waals surface area contributed by atoms with E-state index < -0.39 is 0 Å². The average Bonchev–Trinajstić information content (AvgIpc) is 2.83. The fraction of sp³-hybridized carbons (Fsp3) is 0.684. The van der Waals surface area contributed by atoms with Crippen molar-refractivity contribution in [3.63, 3.8) is 0 Å². The molecular formula is C38H64N2O2. The maximum absolute atomic E-state index is 11.0. The van der Waals surface area contributed by atoms with E-state index >= 15 is 0 Å². The topological polar surface area (TPSA) is 64.5 Å². The van der Waals surface area contributed by atoms with E-state index in [1.54, 1.807) is 0 Å². The van der Waals surface area contributed by atoms with Crippen LogP contribution in [0.15, 0.2) is 24.3 Å². The van der Waals surface area contributed by atoms with E-state index in [1.165, 1.54) is 24.0 Å². The van der Waals surface area contributed by atoms with Gasteiger partial charge in [-0.2, -0.15) is 0 Å². The first kappa shape index (κ1) is 36.2. The Morgan fingerprint density at radius 2 is 0.667 bits per heavy atom. The Balaban J connectivity index is 1.70. The maximum atomic E-state index is 11.0. The number of aryl methyl sites for hydroxylation is 2. The van der Waals surface area contributed by atoms with Crippen LogP contribution >= 0.6 is 0 Å². The third-order valence-electron chi connectivity index (χ3n) is 8.17. The van der Waals surface area contributed by atoms with Crippen molar-refractivity contribution in [1.29, 1.82) is 0 Å². The van der Waals surface area contributed by atoms with Gasteiger partial charge in [0.2, 0.25) is 0 Å². The van der Waals surface area contributed by atoms with Crippen LogP contribution in [-0.4, -0.2) is 36.4 Å². The van der Waals surface area contributed by atoms with E-state index in [-0.39, 0.29) is 21.7 Å². The zero-order chi connectivity index (χ0) is 31.9. The van der Waals surface area contributed by atoms with Gasteiger partial charge in [-0.1, -0.05) is 107 Å². The average molecular weight is 581 g/mol. The summed E-state index contributed by atoms with van der Waals surface area (Å²) < 4.78 is 0. The summed E-state index contributed by atoms with van der Waals surface area (Å²) in [6.45, 7) is 30.3. The summed E-state index contributed by atoms with van der Waals surface area (Å²) >= 11 is 0. The number of phenolic OH excluding ortho intramolecular Hbond substituents is 2. The molecule has 0 aliphatic heterocycles. The molecule has 4 heteroatoms. The Kier molecular flexibility index (Phi) is 12.6. The number of rotatable bonds is 13. The normalized spacial score (nSPS) is 13.1. The van der Waals surface area contributed by atoms with Crippen LogP contribution in [0.25, 0.3) is 0 Å². The molecule has 0 amide bonds. The zero-order valence-electron chi connectivity index (χ0n) is 29.3. The number of unbranched alkanes of at least 4 members (excludes halogenated alkanes) is 1. The molecule has 0 aromatic heterocycles. The molecule has 0 aliphatic carbocycles. The minimum Gasteiger partial charge on any atom is -0.507 e. The summed E-state index contributed by atoms with van der Waals surface area (Å²) in [7, 11) is 0. The van der Waals surface area contributed by atoms with Gasteiger partial charge in [-0.15, -0.1) is 0 Å². The van der Waals surface area contributed by atoms with Crippen molar-refractivity contribution in [3.05, 3.63) is 57.6 Å². The van der Waals surface area contributed by atoms with Gasteiger partial charge in [-0.05, 0) is 120 Å². The molecule has 2 rings (SSSR count). The second-order valence-corrected chi connectivity index (χ2v) is 16.5. The van der Waals surface area contributed by atoms with Gasteiger partial charge < -0.3 is 20.8 Å². The minimum absolute atomic E-state index is 0.0799. The van der Waals surface area contributed by atoms with Gasteiger partial charge in [0.1, 0.15) is 11.5 Å². The summed E-state index contributed by atoms with van der Waals surface area (Å²) in [5, 5.41) is 29.1. The number of nitrogens with one attached hydrogen (secondary N) is 2. The van der Waals surface area contributed by atoms with Crippen LogP contribution in [0.1, 0.15) is 142 Å². The number of phenols is 2. The Labute approximate surface area is 259 Å². The summed E-state index contributed by atoms with van der Waals surface area (Å²) in [6, 6.07) is 8.85. The first-order chi connectivity index (χ1) is 19.2. The lowest BCUT2D eigenvalue weighted by Crippen LogP contribution is -2.21. The van der Waals surface area contributed by atoms with Crippen LogP contribution in [0.5, 0.6) is 11.5 Å². The lowest BCUT2D eigenvalue weighted by atomic mass is 9.78. The number of hydrogen-bond donors (Lipinski definition) is 4. The van der Waals surface area contributed by atoms with Crippen molar-refractivity contribution in [2.75, 3.05) is 26.2 Å². The second kappa shape index (κ2) is 14.6. The molecule has 0 unspecified atom stereocenters. The largest absolute Gasteiger partial charge is 0.507 e. The van der Waals surface area contributed by atoms with E-state index in [0.29, 0.717) is 11.5 Å². The highest BCUT2D eigenvalue weighted by Crippen LogP contribution is 2.41. The lowest BCUT2D eigenvalue weighted by Gasteiger charge is -2.28. The third kappa shape index (κ3) is 10.9. The summed E-state index contributed by atoms with van der Waals surface area (Å²) in [5.41, 5.74) is 6.54. The van der Waals surface area contributed by atoms with Gasteiger partial charge in [0, 0.05) is 0 Å². The second-order valence-electron chi connectivity index (χ2n) is 16.5. The van der Waals surface area contributed by atoms with E-state index in [9.17, 15) is 10.2 Å².